The van der Waals surface area contributed by atoms with Gasteiger partial charge in [0.2, 0.25) is 0 Å². The molecule has 0 saturated heterocycles. The van der Waals surface area contributed by atoms with E-state index in [1.165, 1.54) is 6.20 Å². The molecule has 0 spiro atoms. The molecule has 1 heterocycles. The maximum absolute atomic E-state index is 12.1. The third kappa shape index (κ3) is 5.12. The zero-order chi connectivity index (χ0) is 17.6. The number of rotatable bonds is 6. The van der Waals surface area contributed by atoms with Gasteiger partial charge in [0.05, 0.1) is 0 Å². The van der Waals surface area contributed by atoms with Gasteiger partial charge < -0.3 is 10.6 Å². The molecule has 0 atom stereocenters. The van der Waals surface area contributed by atoms with Crippen molar-refractivity contribution in [2.24, 2.45) is 0 Å². The Bertz CT molecular complexity index is 709. The second-order valence-corrected chi connectivity index (χ2v) is 5.79. The average molecular weight is 356 g/mol. The lowest BCUT2D eigenvalue weighted by molar-refractivity contribution is -0.0327. The van der Waals surface area contributed by atoms with Crippen molar-refractivity contribution < 1.29 is 18.0 Å². The number of aromatic nitrogens is 2. The van der Waals surface area contributed by atoms with Gasteiger partial charge in [-0.2, -0.15) is 13.2 Å². The lowest BCUT2D eigenvalue weighted by Gasteiger charge is -2.09. The molecule has 0 aliphatic heterocycles. The first kappa shape index (κ1) is 18.1. The number of carbonyl (C=O) groups excluding carboxylic acids is 1. The summed E-state index contributed by atoms with van der Waals surface area (Å²) in [4.78, 5) is 20.4. The van der Waals surface area contributed by atoms with Gasteiger partial charge in [-0.3, -0.25) is 9.78 Å². The van der Waals surface area contributed by atoms with Crippen molar-refractivity contribution in [2.45, 2.75) is 5.51 Å². The Morgan fingerprint density at radius 3 is 2.71 bits per heavy atom. The molecule has 2 N–H and O–H groups in total. The van der Waals surface area contributed by atoms with Crippen LogP contribution >= 0.6 is 11.8 Å². The first-order valence-electron chi connectivity index (χ1n) is 6.99. The van der Waals surface area contributed by atoms with Crippen molar-refractivity contribution in [1.29, 1.82) is 0 Å². The summed E-state index contributed by atoms with van der Waals surface area (Å²) in [6.07, 6.45) is 3.08. The largest absolute Gasteiger partial charge is 0.441 e. The van der Waals surface area contributed by atoms with E-state index in [0.29, 0.717) is 22.6 Å². The zero-order valence-electron chi connectivity index (χ0n) is 12.7. The summed E-state index contributed by atoms with van der Waals surface area (Å²) < 4.78 is 36.1. The van der Waals surface area contributed by atoms with Gasteiger partial charge in [-0.25, -0.2) is 4.98 Å². The zero-order valence-corrected chi connectivity index (χ0v) is 13.5. The summed E-state index contributed by atoms with van der Waals surface area (Å²) in [5, 5.41) is 5.38. The molecular weight excluding hydrogens is 341 g/mol. The predicted molar refractivity (Wildman–Crippen MR) is 87.9 cm³/mol. The van der Waals surface area contributed by atoms with Crippen LogP contribution in [0.4, 0.5) is 19.0 Å². The van der Waals surface area contributed by atoms with Crippen LogP contribution in [-0.2, 0) is 0 Å². The molecule has 0 bridgehead atoms. The molecule has 0 aliphatic rings. The second kappa shape index (κ2) is 8.00. The molecule has 0 fully saturated rings. The van der Waals surface area contributed by atoms with E-state index in [0.717, 1.165) is 0 Å². The number of benzene rings is 1. The Morgan fingerprint density at radius 1 is 1.25 bits per heavy atom. The van der Waals surface area contributed by atoms with E-state index in [1.807, 2.05) is 0 Å². The van der Waals surface area contributed by atoms with Gasteiger partial charge in [-0.1, -0.05) is 12.1 Å². The van der Waals surface area contributed by atoms with Crippen LogP contribution in [0.5, 0.6) is 0 Å². The maximum atomic E-state index is 12.1. The van der Waals surface area contributed by atoms with E-state index in [-0.39, 0.29) is 24.1 Å². The fourth-order valence-electron chi connectivity index (χ4n) is 1.97. The summed E-state index contributed by atoms with van der Waals surface area (Å²) in [6.45, 7) is -0.0693. The minimum absolute atomic E-state index is 0.0693. The van der Waals surface area contributed by atoms with Crippen LogP contribution in [-0.4, -0.2) is 40.7 Å². The van der Waals surface area contributed by atoms with Crippen LogP contribution in [0.1, 0.15) is 10.4 Å². The lowest BCUT2D eigenvalue weighted by atomic mass is 10.1. The third-order valence-corrected chi connectivity index (χ3v) is 3.72. The van der Waals surface area contributed by atoms with Gasteiger partial charge in [0.25, 0.3) is 5.91 Å². The number of hydrogen-bond donors (Lipinski definition) is 2. The molecule has 0 radical (unpaired) electrons. The molecule has 1 amide bonds. The summed E-state index contributed by atoms with van der Waals surface area (Å²) in [7, 11) is 1.71. The highest BCUT2D eigenvalue weighted by atomic mass is 32.2. The molecule has 24 heavy (non-hydrogen) atoms. The van der Waals surface area contributed by atoms with E-state index in [9.17, 15) is 18.0 Å². The summed E-state index contributed by atoms with van der Waals surface area (Å²) >= 11 is -0.166. The fourth-order valence-corrected chi connectivity index (χ4v) is 2.41. The number of amides is 1. The van der Waals surface area contributed by atoms with Crippen molar-refractivity contribution >= 4 is 23.5 Å². The van der Waals surface area contributed by atoms with Crippen LogP contribution in [0.2, 0.25) is 0 Å². The first-order valence-corrected chi connectivity index (χ1v) is 7.97. The quantitative estimate of drug-likeness (QED) is 0.779. The van der Waals surface area contributed by atoms with Gasteiger partial charge in [0.1, 0.15) is 5.69 Å². The smallest absolute Gasteiger partial charge is 0.371 e. The van der Waals surface area contributed by atoms with Crippen LogP contribution < -0.4 is 10.6 Å². The summed E-state index contributed by atoms with van der Waals surface area (Å²) in [6, 6.07) is 6.67. The van der Waals surface area contributed by atoms with E-state index >= 15 is 0 Å². The highest BCUT2D eigenvalue weighted by molar-refractivity contribution is 8.00. The number of anilines is 1. The highest BCUT2D eigenvalue weighted by Crippen LogP contribution is 2.29. The summed E-state index contributed by atoms with van der Waals surface area (Å²) in [5.74, 6) is -0.102. The molecule has 0 unspecified atom stereocenters. The number of hydrogen-bond acceptors (Lipinski definition) is 5. The second-order valence-electron chi connectivity index (χ2n) is 4.63. The topological polar surface area (TPSA) is 66.9 Å². The Labute approximate surface area is 141 Å². The monoisotopic (exact) mass is 356 g/mol. The molecule has 0 aliphatic carbocycles. The SMILES string of the molecule is CNc1nccnc1-c1cccc(C(=O)NCCSC(F)(F)F)c1. The highest BCUT2D eigenvalue weighted by Gasteiger charge is 2.27. The number of nitrogens with one attached hydrogen (secondary N) is 2. The van der Waals surface area contributed by atoms with Crippen molar-refractivity contribution in [3.8, 4) is 11.3 Å². The Kier molecular flexibility index (Phi) is 6.02. The number of thioether (sulfide) groups is 1. The number of halogens is 3. The predicted octanol–water partition coefficient (Wildman–Crippen LogP) is 3.17. The lowest BCUT2D eigenvalue weighted by Crippen LogP contribution is -2.26. The van der Waals surface area contributed by atoms with Crippen LogP contribution in [0.25, 0.3) is 11.3 Å². The molecule has 0 saturated carbocycles. The summed E-state index contributed by atoms with van der Waals surface area (Å²) in [5.41, 5.74) is -2.68. The van der Waals surface area contributed by atoms with Gasteiger partial charge in [-0.15, -0.1) is 0 Å². The molecular formula is C15H15F3N4OS. The first-order chi connectivity index (χ1) is 11.4. The van der Waals surface area contributed by atoms with Crippen LogP contribution in [0.3, 0.4) is 0 Å². The Morgan fingerprint density at radius 2 is 2.00 bits per heavy atom. The minimum atomic E-state index is -4.29. The van der Waals surface area contributed by atoms with Crippen molar-refractivity contribution in [2.75, 3.05) is 24.7 Å². The molecule has 1 aromatic heterocycles. The Balaban J connectivity index is 2.06. The molecule has 2 rings (SSSR count). The van der Waals surface area contributed by atoms with E-state index in [1.54, 1.807) is 37.5 Å². The third-order valence-electron chi connectivity index (χ3n) is 2.99. The molecule has 2 aromatic rings. The molecule has 128 valence electrons. The molecule has 5 nitrogen and oxygen atoms in total. The number of nitrogens with zero attached hydrogens (tertiary/aromatic N) is 2. The van der Waals surface area contributed by atoms with Crippen molar-refractivity contribution in [3.05, 3.63) is 42.2 Å². The maximum Gasteiger partial charge on any atom is 0.441 e. The fraction of sp³-hybridized carbons (Fsp3) is 0.267. The standard InChI is InChI=1S/C15H15F3N4OS/c1-19-13-12(20-5-6-21-13)10-3-2-4-11(9-10)14(23)22-7-8-24-15(16,17)18/h2-6,9H,7-8H2,1H3,(H,19,21)(H,22,23). The van der Waals surface area contributed by atoms with Crippen molar-refractivity contribution in [1.82, 2.24) is 15.3 Å². The van der Waals surface area contributed by atoms with E-state index in [2.05, 4.69) is 20.6 Å². The normalized spacial score (nSPS) is 11.2. The average Bonchev–Trinajstić information content (AvgIpc) is 2.57. The molecule has 1 aromatic carbocycles. The minimum Gasteiger partial charge on any atom is -0.371 e. The van der Waals surface area contributed by atoms with Gasteiger partial charge in [0.15, 0.2) is 5.82 Å². The van der Waals surface area contributed by atoms with Crippen molar-refractivity contribution in [3.63, 3.8) is 0 Å². The van der Waals surface area contributed by atoms with Crippen LogP contribution in [0.15, 0.2) is 36.7 Å². The molecule has 9 heteroatoms. The van der Waals surface area contributed by atoms with Gasteiger partial charge in [0, 0.05) is 42.9 Å². The van der Waals surface area contributed by atoms with E-state index < -0.39 is 11.4 Å². The van der Waals surface area contributed by atoms with Gasteiger partial charge >= 0.3 is 5.51 Å². The van der Waals surface area contributed by atoms with Gasteiger partial charge in [-0.05, 0) is 23.9 Å². The Hall–Kier alpha value is -2.29. The number of alkyl halides is 3. The number of carbonyl (C=O) groups is 1. The van der Waals surface area contributed by atoms with Crippen LogP contribution in [0, 0.1) is 0 Å². The van der Waals surface area contributed by atoms with E-state index in [4.69, 9.17) is 0 Å².